The predicted octanol–water partition coefficient (Wildman–Crippen LogP) is 3.45. The standard InChI is InChI=1S/C15H11Cl3O6/c16-8-3-9(17)12(24-15(22)13(19)20)10(11(8)18)14(21)23-4-7-5-1-6(7)2-5/h3,5-7H,1-2,4H2,(H,19,20). The van der Waals surface area contributed by atoms with Crippen LogP contribution in [-0.2, 0) is 14.3 Å². The van der Waals surface area contributed by atoms with Gasteiger partial charge in [0.15, 0.2) is 5.75 Å². The van der Waals surface area contributed by atoms with Gasteiger partial charge in [0.05, 0.1) is 21.7 Å². The van der Waals surface area contributed by atoms with Gasteiger partial charge in [-0.2, -0.15) is 0 Å². The average molecular weight is 394 g/mol. The monoisotopic (exact) mass is 392 g/mol. The number of halogens is 3. The molecular formula is C15H11Cl3O6. The molecule has 4 rings (SSSR count). The van der Waals surface area contributed by atoms with E-state index in [0.717, 1.165) is 18.9 Å². The van der Waals surface area contributed by atoms with Gasteiger partial charge < -0.3 is 14.6 Å². The fraction of sp³-hybridized carbons (Fsp3) is 0.400. The molecule has 0 atom stereocenters. The number of aliphatic carboxylic acids is 1. The van der Waals surface area contributed by atoms with Crippen LogP contribution in [0.3, 0.4) is 0 Å². The number of carbonyl (C=O) groups excluding carboxylic acids is 2. The lowest BCUT2D eigenvalue weighted by molar-refractivity contribution is -0.158. The van der Waals surface area contributed by atoms with E-state index in [4.69, 9.17) is 44.6 Å². The van der Waals surface area contributed by atoms with Crippen LogP contribution in [0.1, 0.15) is 23.2 Å². The van der Waals surface area contributed by atoms with Crippen molar-refractivity contribution in [1.82, 2.24) is 0 Å². The van der Waals surface area contributed by atoms with Gasteiger partial charge in [0, 0.05) is 0 Å². The number of esters is 2. The first-order chi connectivity index (χ1) is 11.3. The lowest BCUT2D eigenvalue weighted by Crippen LogP contribution is -2.52. The van der Waals surface area contributed by atoms with E-state index >= 15 is 0 Å². The van der Waals surface area contributed by atoms with E-state index in [0.29, 0.717) is 17.8 Å². The summed E-state index contributed by atoms with van der Waals surface area (Å²) in [5.41, 5.74) is -0.364. The van der Waals surface area contributed by atoms with Crippen molar-refractivity contribution in [2.24, 2.45) is 17.8 Å². The quantitative estimate of drug-likeness (QED) is 0.365. The van der Waals surface area contributed by atoms with Gasteiger partial charge in [-0.15, -0.1) is 0 Å². The van der Waals surface area contributed by atoms with E-state index in [9.17, 15) is 14.4 Å². The Labute approximate surface area is 151 Å². The Morgan fingerprint density at radius 1 is 1.12 bits per heavy atom. The van der Waals surface area contributed by atoms with Crippen molar-refractivity contribution >= 4 is 52.7 Å². The fourth-order valence-electron chi connectivity index (χ4n) is 2.91. The lowest BCUT2D eigenvalue weighted by Gasteiger charge is -2.57. The molecule has 0 heterocycles. The summed E-state index contributed by atoms with van der Waals surface area (Å²) in [5, 5.41) is 8.15. The molecule has 1 N–H and O–H groups in total. The van der Waals surface area contributed by atoms with E-state index in [-0.39, 0.29) is 27.2 Å². The third-order valence-corrected chi connectivity index (χ3v) is 5.60. The number of hydrogen-bond acceptors (Lipinski definition) is 5. The number of carboxylic acid groups (broad SMARTS) is 1. The Balaban J connectivity index is 1.84. The molecule has 0 aliphatic heterocycles. The summed E-state index contributed by atoms with van der Waals surface area (Å²) in [6, 6.07) is 1.15. The van der Waals surface area contributed by atoms with Gasteiger partial charge in [-0.3, -0.25) is 0 Å². The number of rotatable bonds is 4. The zero-order valence-corrected chi connectivity index (χ0v) is 14.3. The Kier molecular flexibility index (Phi) is 4.64. The van der Waals surface area contributed by atoms with Crippen molar-refractivity contribution in [2.75, 3.05) is 6.61 Å². The SMILES string of the molecule is O=C(O)C(=O)Oc1c(Cl)cc(Cl)c(Cl)c1C(=O)OCC1C2CC1C2. The number of hydrogen-bond donors (Lipinski definition) is 1. The van der Waals surface area contributed by atoms with Gasteiger partial charge in [0.25, 0.3) is 0 Å². The molecule has 6 nitrogen and oxygen atoms in total. The van der Waals surface area contributed by atoms with Crippen LogP contribution in [0, 0.1) is 17.8 Å². The molecule has 2 bridgehead atoms. The molecule has 0 aromatic heterocycles. The van der Waals surface area contributed by atoms with E-state index in [1.54, 1.807) is 0 Å². The molecule has 128 valence electrons. The molecule has 3 aliphatic rings. The first-order valence-corrected chi connectivity index (χ1v) is 8.22. The summed E-state index contributed by atoms with van der Waals surface area (Å²) in [6.45, 7) is 0.223. The third kappa shape index (κ3) is 2.94. The molecular weight excluding hydrogens is 383 g/mol. The summed E-state index contributed by atoms with van der Waals surface area (Å²) < 4.78 is 9.88. The van der Waals surface area contributed by atoms with Crippen LogP contribution in [0.15, 0.2) is 6.07 Å². The number of carbonyl (C=O) groups is 3. The van der Waals surface area contributed by atoms with E-state index in [1.807, 2.05) is 0 Å². The van der Waals surface area contributed by atoms with Crippen molar-refractivity contribution in [2.45, 2.75) is 12.8 Å². The van der Waals surface area contributed by atoms with Gasteiger partial charge in [0.2, 0.25) is 0 Å². The second-order valence-electron chi connectivity index (χ2n) is 5.81. The van der Waals surface area contributed by atoms with Crippen molar-refractivity contribution in [1.29, 1.82) is 0 Å². The largest absolute Gasteiger partial charge is 0.473 e. The number of benzene rings is 1. The molecule has 9 heteroatoms. The van der Waals surface area contributed by atoms with Crippen molar-refractivity contribution in [3.8, 4) is 5.75 Å². The highest BCUT2D eigenvalue weighted by atomic mass is 35.5. The second-order valence-corrected chi connectivity index (χ2v) is 7.00. The van der Waals surface area contributed by atoms with Crippen molar-refractivity contribution in [3.05, 3.63) is 26.7 Å². The first-order valence-electron chi connectivity index (χ1n) is 7.09. The molecule has 1 aromatic rings. The van der Waals surface area contributed by atoms with Crippen LogP contribution in [0.4, 0.5) is 0 Å². The average Bonchev–Trinajstić information content (AvgIpc) is 2.41. The van der Waals surface area contributed by atoms with Gasteiger partial charge >= 0.3 is 17.9 Å². The van der Waals surface area contributed by atoms with Gasteiger partial charge in [0.1, 0.15) is 5.56 Å². The van der Waals surface area contributed by atoms with Crippen LogP contribution >= 0.6 is 34.8 Å². The van der Waals surface area contributed by atoms with Gasteiger partial charge in [-0.25, -0.2) is 14.4 Å². The first kappa shape index (κ1) is 17.3. The highest BCUT2D eigenvalue weighted by Gasteiger charge is 2.52. The molecule has 0 amide bonds. The molecule has 3 aliphatic carbocycles. The molecule has 0 unspecified atom stereocenters. The maximum Gasteiger partial charge on any atom is 0.422 e. The van der Waals surface area contributed by atoms with Crippen molar-refractivity contribution in [3.63, 3.8) is 0 Å². The molecule has 3 fully saturated rings. The molecule has 0 spiro atoms. The van der Waals surface area contributed by atoms with Crippen molar-refractivity contribution < 1.29 is 29.0 Å². The predicted molar refractivity (Wildman–Crippen MR) is 84.7 cm³/mol. The fourth-order valence-corrected chi connectivity index (χ4v) is 3.63. The minimum Gasteiger partial charge on any atom is -0.473 e. The van der Waals surface area contributed by atoms with Crippen LogP contribution in [0.5, 0.6) is 5.75 Å². The van der Waals surface area contributed by atoms with Crippen LogP contribution in [0.25, 0.3) is 0 Å². The molecule has 3 saturated carbocycles. The maximum atomic E-state index is 12.3. The minimum atomic E-state index is -1.84. The molecule has 0 saturated heterocycles. The second kappa shape index (κ2) is 6.43. The third-order valence-electron chi connectivity index (χ3n) is 4.53. The Morgan fingerprint density at radius 2 is 1.75 bits per heavy atom. The van der Waals surface area contributed by atoms with Gasteiger partial charge in [-0.05, 0) is 36.7 Å². The zero-order valence-electron chi connectivity index (χ0n) is 12.1. The Bertz CT molecular complexity index is 733. The maximum absolute atomic E-state index is 12.3. The van der Waals surface area contributed by atoms with Crippen LogP contribution < -0.4 is 4.74 Å². The Morgan fingerprint density at radius 3 is 2.25 bits per heavy atom. The molecule has 1 aromatic carbocycles. The topological polar surface area (TPSA) is 89.9 Å². The number of ether oxygens (including phenoxy) is 2. The van der Waals surface area contributed by atoms with E-state index < -0.39 is 23.7 Å². The normalized spacial score (nSPS) is 23.7. The summed E-state index contributed by atoms with van der Waals surface area (Å²) in [7, 11) is 0. The lowest BCUT2D eigenvalue weighted by atomic mass is 9.48. The molecule has 0 radical (unpaired) electrons. The van der Waals surface area contributed by atoms with Crippen LogP contribution in [0.2, 0.25) is 15.1 Å². The van der Waals surface area contributed by atoms with E-state index in [2.05, 4.69) is 4.74 Å². The number of carboxylic acids is 1. The summed E-state index contributed by atoms with van der Waals surface area (Å²) >= 11 is 17.8. The van der Waals surface area contributed by atoms with Crippen LogP contribution in [-0.4, -0.2) is 29.6 Å². The zero-order chi connectivity index (χ0) is 17.6. The smallest absolute Gasteiger partial charge is 0.422 e. The highest BCUT2D eigenvalue weighted by Crippen LogP contribution is 2.58. The highest BCUT2D eigenvalue weighted by molar-refractivity contribution is 6.46. The van der Waals surface area contributed by atoms with E-state index in [1.165, 1.54) is 0 Å². The molecule has 24 heavy (non-hydrogen) atoms. The minimum absolute atomic E-state index is 0.0461. The summed E-state index contributed by atoms with van der Waals surface area (Å²) in [4.78, 5) is 34.3. The Hall–Kier alpha value is -1.50. The van der Waals surface area contributed by atoms with Gasteiger partial charge in [-0.1, -0.05) is 34.8 Å². The summed E-state index contributed by atoms with van der Waals surface area (Å²) in [5.74, 6) is -3.29. The summed E-state index contributed by atoms with van der Waals surface area (Å²) in [6.07, 6.45) is 2.32.